The lowest BCUT2D eigenvalue weighted by molar-refractivity contribution is -0.115. The molecule has 0 unspecified atom stereocenters. The fourth-order valence-electron chi connectivity index (χ4n) is 2.10. The molecule has 0 N–H and O–H groups in total. The fourth-order valence-corrected chi connectivity index (χ4v) is 2.10. The van der Waals surface area contributed by atoms with Crippen molar-refractivity contribution in [3.8, 4) is 0 Å². The smallest absolute Gasteiger partial charge is 0.228 e. The average molecular weight is 239 g/mol. The number of para-hydroxylation sites is 2. The van der Waals surface area contributed by atoms with E-state index in [9.17, 15) is 4.79 Å². The first-order valence-electron chi connectivity index (χ1n) is 6.17. The number of carbonyl (C=O) groups is 1. The Bertz CT molecular complexity index is 534. The molecule has 0 saturated heterocycles. The highest BCUT2D eigenvalue weighted by Gasteiger charge is 2.15. The standard InChI is InChI=1S/C16H17NO/c1-3-14-9-7-8-12-16(14)17(13(2)18)15-10-5-4-6-11-15/h4-12H,3H2,1-2H3. The van der Waals surface area contributed by atoms with Gasteiger partial charge in [-0.05, 0) is 30.2 Å². The molecule has 0 atom stereocenters. The van der Waals surface area contributed by atoms with Crippen LogP contribution in [0.2, 0.25) is 0 Å². The first kappa shape index (κ1) is 12.4. The van der Waals surface area contributed by atoms with E-state index >= 15 is 0 Å². The number of aryl methyl sites for hydroxylation is 1. The maximum absolute atomic E-state index is 11.9. The number of nitrogens with zero attached hydrogens (tertiary/aromatic N) is 1. The van der Waals surface area contributed by atoms with Crippen LogP contribution >= 0.6 is 0 Å². The van der Waals surface area contributed by atoms with Crippen LogP contribution in [0, 0.1) is 0 Å². The van der Waals surface area contributed by atoms with Crippen LogP contribution < -0.4 is 4.90 Å². The summed E-state index contributed by atoms with van der Waals surface area (Å²) in [4.78, 5) is 13.7. The van der Waals surface area contributed by atoms with Gasteiger partial charge in [-0.2, -0.15) is 0 Å². The molecule has 2 heteroatoms. The third-order valence-corrected chi connectivity index (χ3v) is 2.94. The topological polar surface area (TPSA) is 20.3 Å². The second-order valence-electron chi connectivity index (χ2n) is 4.17. The van der Waals surface area contributed by atoms with Gasteiger partial charge in [-0.3, -0.25) is 9.69 Å². The Morgan fingerprint density at radius 2 is 1.61 bits per heavy atom. The van der Waals surface area contributed by atoms with Crippen molar-refractivity contribution in [3.05, 3.63) is 60.2 Å². The molecule has 0 aliphatic heterocycles. The molecular formula is C16H17NO. The van der Waals surface area contributed by atoms with Gasteiger partial charge in [0.15, 0.2) is 0 Å². The molecule has 0 spiro atoms. The van der Waals surface area contributed by atoms with Crippen LogP contribution in [0.15, 0.2) is 54.6 Å². The largest absolute Gasteiger partial charge is 0.281 e. The number of amides is 1. The predicted octanol–water partition coefficient (Wildman–Crippen LogP) is 3.93. The van der Waals surface area contributed by atoms with Crippen molar-refractivity contribution in [2.24, 2.45) is 0 Å². The SMILES string of the molecule is CCc1ccccc1N(C(C)=O)c1ccccc1. The molecule has 92 valence electrons. The quantitative estimate of drug-likeness (QED) is 0.794. The molecule has 0 aliphatic carbocycles. The number of hydrogen-bond donors (Lipinski definition) is 0. The van der Waals surface area contributed by atoms with Gasteiger partial charge in [-0.25, -0.2) is 0 Å². The molecule has 0 bridgehead atoms. The monoisotopic (exact) mass is 239 g/mol. The van der Waals surface area contributed by atoms with E-state index in [1.54, 1.807) is 11.8 Å². The predicted molar refractivity (Wildman–Crippen MR) is 75.1 cm³/mol. The molecule has 0 radical (unpaired) electrons. The Balaban J connectivity index is 2.52. The summed E-state index contributed by atoms with van der Waals surface area (Å²) >= 11 is 0. The van der Waals surface area contributed by atoms with Crippen LogP contribution in [-0.4, -0.2) is 5.91 Å². The van der Waals surface area contributed by atoms with Gasteiger partial charge in [0.25, 0.3) is 0 Å². The summed E-state index contributed by atoms with van der Waals surface area (Å²) in [7, 11) is 0. The highest BCUT2D eigenvalue weighted by atomic mass is 16.2. The summed E-state index contributed by atoms with van der Waals surface area (Å²) in [6.45, 7) is 3.70. The Morgan fingerprint density at radius 1 is 1.00 bits per heavy atom. The zero-order valence-corrected chi connectivity index (χ0v) is 10.8. The molecule has 2 aromatic carbocycles. The van der Waals surface area contributed by atoms with Crippen LogP contribution in [0.3, 0.4) is 0 Å². The molecule has 0 aliphatic rings. The highest BCUT2D eigenvalue weighted by Crippen LogP contribution is 2.28. The van der Waals surface area contributed by atoms with Crippen LogP contribution in [0.1, 0.15) is 19.4 Å². The van der Waals surface area contributed by atoms with Gasteiger partial charge in [-0.15, -0.1) is 0 Å². The van der Waals surface area contributed by atoms with E-state index in [0.29, 0.717) is 0 Å². The van der Waals surface area contributed by atoms with E-state index in [1.807, 2.05) is 48.5 Å². The molecule has 0 fully saturated rings. The number of hydrogen-bond acceptors (Lipinski definition) is 1. The Kier molecular flexibility index (Phi) is 3.78. The van der Waals surface area contributed by atoms with E-state index in [1.165, 1.54) is 5.56 Å². The zero-order chi connectivity index (χ0) is 13.0. The summed E-state index contributed by atoms with van der Waals surface area (Å²) in [5.41, 5.74) is 3.06. The summed E-state index contributed by atoms with van der Waals surface area (Å²) in [6, 6.07) is 17.8. The molecule has 0 aromatic heterocycles. The van der Waals surface area contributed by atoms with Crippen molar-refractivity contribution >= 4 is 17.3 Å². The first-order valence-corrected chi connectivity index (χ1v) is 6.17. The molecule has 1 amide bonds. The van der Waals surface area contributed by atoms with Gasteiger partial charge in [0.2, 0.25) is 5.91 Å². The summed E-state index contributed by atoms with van der Waals surface area (Å²) in [5, 5.41) is 0. The van der Waals surface area contributed by atoms with E-state index < -0.39 is 0 Å². The van der Waals surface area contributed by atoms with Crippen LogP contribution in [0.4, 0.5) is 11.4 Å². The minimum atomic E-state index is 0.0297. The van der Waals surface area contributed by atoms with E-state index in [-0.39, 0.29) is 5.91 Å². The average Bonchev–Trinajstić information content (AvgIpc) is 2.40. The van der Waals surface area contributed by atoms with Crippen LogP contribution in [-0.2, 0) is 11.2 Å². The van der Waals surface area contributed by atoms with Gasteiger partial charge in [0.1, 0.15) is 0 Å². The van der Waals surface area contributed by atoms with Crippen LogP contribution in [0.5, 0.6) is 0 Å². The highest BCUT2D eigenvalue weighted by molar-refractivity contribution is 5.99. The summed E-state index contributed by atoms with van der Waals surface area (Å²) < 4.78 is 0. The Hall–Kier alpha value is -2.09. The van der Waals surface area contributed by atoms with Gasteiger partial charge in [0.05, 0.1) is 5.69 Å². The lowest BCUT2D eigenvalue weighted by Crippen LogP contribution is -2.23. The van der Waals surface area contributed by atoms with Crippen molar-refractivity contribution < 1.29 is 4.79 Å². The van der Waals surface area contributed by atoms with Gasteiger partial charge >= 0.3 is 0 Å². The van der Waals surface area contributed by atoms with Gasteiger partial charge in [0, 0.05) is 12.6 Å². The molecule has 2 rings (SSSR count). The Morgan fingerprint density at radius 3 is 2.22 bits per heavy atom. The Labute approximate surface area is 108 Å². The van der Waals surface area contributed by atoms with Crippen molar-refractivity contribution in [3.63, 3.8) is 0 Å². The van der Waals surface area contributed by atoms with Crippen molar-refractivity contribution in [1.29, 1.82) is 0 Å². The normalized spacial score (nSPS) is 10.1. The maximum Gasteiger partial charge on any atom is 0.228 e. The number of carbonyl (C=O) groups excluding carboxylic acids is 1. The maximum atomic E-state index is 11.9. The van der Waals surface area contributed by atoms with E-state index in [0.717, 1.165) is 17.8 Å². The second kappa shape index (κ2) is 5.50. The van der Waals surface area contributed by atoms with E-state index in [4.69, 9.17) is 0 Å². The van der Waals surface area contributed by atoms with Gasteiger partial charge in [-0.1, -0.05) is 43.3 Å². The van der Waals surface area contributed by atoms with Gasteiger partial charge < -0.3 is 0 Å². The summed E-state index contributed by atoms with van der Waals surface area (Å²) in [5.74, 6) is 0.0297. The third kappa shape index (κ3) is 2.43. The van der Waals surface area contributed by atoms with Crippen molar-refractivity contribution in [2.45, 2.75) is 20.3 Å². The molecular weight excluding hydrogens is 222 g/mol. The zero-order valence-electron chi connectivity index (χ0n) is 10.8. The van der Waals surface area contributed by atoms with Crippen LogP contribution in [0.25, 0.3) is 0 Å². The lowest BCUT2D eigenvalue weighted by Gasteiger charge is -2.23. The van der Waals surface area contributed by atoms with Crippen molar-refractivity contribution in [2.75, 3.05) is 4.90 Å². The fraction of sp³-hybridized carbons (Fsp3) is 0.188. The first-order chi connectivity index (χ1) is 8.74. The molecule has 0 saturated carbocycles. The number of benzene rings is 2. The molecule has 18 heavy (non-hydrogen) atoms. The molecule has 2 nitrogen and oxygen atoms in total. The minimum Gasteiger partial charge on any atom is -0.281 e. The molecule has 2 aromatic rings. The third-order valence-electron chi connectivity index (χ3n) is 2.94. The minimum absolute atomic E-state index is 0.0297. The molecule has 0 heterocycles. The van der Waals surface area contributed by atoms with E-state index in [2.05, 4.69) is 13.0 Å². The lowest BCUT2D eigenvalue weighted by atomic mass is 10.1. The van der Waals surface area contributed by atoms with Crippen molar-refractivity contribution in [1.82, 2.24) is 0 Å². The second-order valence-corrected chi connectivity index (χ2v) is 4.17. The number of rotatable bonds is 3. The number of anilines is 2. The summed E-state index contributed by atoms with van der Waals surface area (Å²) in [6.07, 6.45) is 0.910.